The molecular weight excluding hydrogens is 192 g/mol. The molecule has 0 aromatic rings. The molecule has 0 saturated carbocycles. The molecule has 0 aliphatic carbocycles. The Balaban J connectivity index is 1.82. The second-order valence-electron chi connectivity index (χ2n) is 4.63. The van der Waals surface area contributed by atoms with Gasteiger partial charge in [0, 0.05) is 32.3 Å². The van der Waals surface area contributed by atoms with Crippen LogP contribution in [-0.2, 0) is 9.47 Å². The van der Waals surface area contributed by atoms with E-state index in [0.717, 1.165) is 26.3 Å². The van der Waals surface area contributed by atoms with Crippen LogP contribution in [0.4, 0.5) is 0 Å². The van der Waals surface area contributed by atoms with Crippen LogP contribution >= 0.6 is 0 Å². The maximum Gasteiger partial charge on any atom is 0.0824 e. The van der Waals surface area contributed by atoms with E-state index in [0.29, 0.717) is 18.7 Å². The summed E-state index contributed by atoms with van der Waals surface area (Å²) < 4.78 is 11.3. The van der Waals surface area contributed by atoms with Crippen LogP contribution in [0.5, 0.6) is 0 Å². The summed E-state index contributed by atoms with van der Waals surface area (Å²) >= 11 is 0. The summed E-state index contributed by atoms with van der Waals surface area (Å²) in [5, 5.41) is 0. The van der Waals surface area contributed by atoms with Gasteiger partial charge in [-0.25, -0.2) is 0 Å². The summed E-state index contributed by atoms with van der Waals surface area (Å²) in [6.45, 7) is 6.56. The van der Waals surface area contributed by atoms with Gasteiger partial charge in [0.2, 0.25) is 0 Å². The van der Waals surface area contributed by atoms with Gasteiger partial charge in [0.1, 0.15) is 0 Å². The molecule has 2 rings (SSSR count). The molecular formula is C11H22N2O2. The minimum Gasteiger partial charge on any atom is -0.377 e. The fourth-order valence-corrected chi connectivity index (χ4v) is 2.32. The zero-order chi connectivity index (χ0) is 10.7. The first kappa shape index (κ1) is 11.3. The summed E-state index contributed by atoms with van der Waals surface area (Å²) in [7, 11) is 0. The molecule has 0 aromatic heterocycles. The molecule has 2 fully saturated rings. The quantitative estimate of drug-likeness (QED) is 0.730. The van der Waals surface area contributed by atoms with E-state index >= 15 is 0 Å². The predicted molar refractivity (Wildman–Crippen MR) is 58.8 cm³/mol. The molecule has 0 radical (unpaired) electrons. The van der Waals surface area contributed by atoms with Crippen molar-refractivity contribution in [3.63, 3.8) is 0 Å². The first-order chi connectivity index (χ1) is 7.29. The smallest absolute Gasteiger partial charge is 0.0824 e. The van der Waals surface area contributed by atoms with E-state index in [2.05, 4.69) is 11.8 Å². The predicted octanol–water partition coefficient (Wildman–Crippen LogP) is 0.213. The van der Waals surface area contributed by atoms with Crippen LogP contribution in [0.2, 0.25) is 0 Å². The Bertz CT molecular complexity index is 195. The van der Waals surface area contributed by atoms with E-state index in [1.54, 1.807) is 0 Å². The highest BCUT2D eigenvalue weighted by molar-refractivity contribution is 4.81. The fraction of sp³-hybridized carbons (Fsp3) is 1.00. The summed E-state index contributed by atoms with van der Waals surface area (Å²) in [4.78, 5) is 2.46. The molecule has 0 spiro atoms. The van der Waals surface area contributed by atoms with E-state index < -0.39 is 0 Å². The van der Waals surface area contributed by atoms with E-state index in [-0.39, 0.29) is 6.10 Å². The Morgan fingerprint density at radius 1 is 1.33 bits per heavy atom. The van der Waals surface area contributed by atoms with Crippen molar-refractivity contribution in [1.82, 2.24) is 4.90 Å². The standard InChI is InChI=1S/C11H22N2O2/c1-9-8-15-11(5-12)7-13(9)6-10-3-2-4-14-10/h9-11H,2-8,12H2,1H3. The lowest BCUT2D eigenvalue weighted by Gasteiger charge is -2.38. The Hall–Kier alpha value is -0.160. The lowest BCUT2D eigenvalue weighted by molar-refractivity contribution is -0.0672. The molecule has 2 aliphatic rings. The SMILES string of the molecule is CC1COC(CN)CN1CC1CCCO1. The van der Waals surface area contributed by atoms with Crippen LogP contribution in [0, 0.1) is 0 Å². The minimum absolute atomic E-state index is 0.211. The van der Waals surface area contributed by atoms with Crippen molar-refractivity contribution in [1.29, 1.82) is 0 Å². The second kappa shape index (κ2) is 5.25. The van der Waals surface area contributed by atoms with Gasteiger partial charge in [-0.1, -0.05) is 0 Å². The lowest BCUT2D eigenvalue weighted by Crippen LogP contribution is -2.52. The molecule has 88 valence electrons. The molecule has 15 heavy (non-hydrogen) atoms. The largest absolute Gasteiger partial charge is 0.377 e. The third kappa shape index (κ3) is 2.91. The number of hydrogen-bond donors (Lipinski definition) is 1. The Morgan fingerprint density at radius 3 is 2.87 bits per heavy atom. The highest BCUT2D eigenvalue weighted by atomic mass is 16.5. The van der Waals surface area contributed by atoms with Gasteiger partial charge in [-0.05, 0) is 19.8 Å². The molecule has 0 aromatic carbocycles. The Morgan fingerprint density at radius 2 is 2.20 bits per heavy atom. The van der Waals surface area contributed by atoms with Gasteiger partial charge in [-0.2, -0.15) is 0 Å². The van der Waals surface area contributed by atoms with Crippen LogP contribution in [0.15, 0.2) is 0 Å². The molecule has 2 saturated heterocycles. The summed E-state index contributed by atoms with van der Waals surface area (Å²) in [5.74, 6) is 0. The van der Waals surface area contributed by atoms with Crippen molar-refractivity contribution in [2.24, 2.45) is 5.73 Å². The molecule has 4 nitrogen and oxygen atoms in total. The number of rotatable bonds is 3. The monoisotopic (exact) mass is 214 g/mol. The third-order valence-corrected chi connectivity index (χ3v) is 3.36. The highest BCUT2D eigenvalue weighted by Crippen LogP contribution is 2.17. The van der Waals surface area contributed by atoms with E-state index in [1.807, 2.05) is 0 Å². The molecule has 4 heteroatoms. The number of morpholine rings is 1. The zero-order valence-corrected chi connectivity index (χ0v) is 9.52. The van der Waals surface area contributed by atoms with Gasteiger partial charge in [-0.3, -0.25) is 4.90 Å². The van der Waals surface area contributed by atoms with Crippen LogP contribution in [0.3, 0.4) is 0 Å². The molecule has 2 heterocycles. The maximum absolute atomic E-state index is 5.66. The average Bonchev–Trinajstić information content (AvgIpc) is 2.74. The highest BCUT2D eigenvalue weighted by Gasteiger charge is 2.28. The normalized spacial score (nSPS) is 38.4. The first-order valence-corrected chi connectivity index (χ1v) is 5.97. The van der Waals surface area contributed by atoms with Gasteiger partial charge in [-0.15, -0.1) is 0 Å². The van der Waals surface area contributed by atoms with E-state index in [4.69, 9.17) is 15.2 Å². The molecule has 0 bridgehead atoms. The van der Waals surface area contributed by atoms with Gasteiger partial charge >= 0.3 is 0 Å². The number of nitrogens with zero attached hydrogens (tertiary/aromatic N) is 1. The van der Waals surface area contributed by atoms with Crippen molar-refractivity contribution in [3.8, 4) is 0 Å². The van der Waals surface area contributed by atoms with Gasteiger partial charge in [0.25, 0.3) is 0 Å². The van der Waals surface area contributed by atoms with Gasteiger partial charge in [0.15, 0.2) is 0 Å². The van der Waals surface area contributed by atoms with Crippen LogP contribution in [0.25, 0.3) is 0 Å². The van der Waals surface area contributed by atoms with E-state index in [1.165, 1.54) is 12.8 Å². The fourth-order valence-electron chi connectivity index (χ4n) is 2.32. The summed E-state index contributed by atoms with van der Waals surface area (Å²) in [6.07, 6.45) is 3.06. The second-order valence-corrected chi connectivity index (χ2v) is 4.63. The number of ether oxygens (including phenoxy) is 2. The van der Waals surface area contributed by atoms with Crippen molar-refractivity contribution >= 4 is 0 Å². The van der Waals surface area contributed by atoms with Crippen molar-refractivity contribution in [2.45, 2.75) is 38.0 Å². The van der Waals surface area contributed by atoms with Crippen molar-refractivity contribution < 1.29 is 9.47 Å². The molecule has 3 atom stereocenters. The van der Waals surface area contributed by atoms with Crippen molar-refractivity contribution in [2.75, 3.05) is 32.8 Å². The molecule has 2 N–H and O–H groups in total. The lowest BCUT2D eigenvalue weighted by atomic mass is 10.1. The van der Waals surface area contributed by atoms with Gasteiger partial charge in [0.05, 0.1) is 18.8 Å². The molecule has 3 unspecified atom stereocenters. The number of hydrogen-bond acceptors (Lipinski definition) is 4. The maximum atomic E-state index is 5.66. The van der Waals surface area contributed by atoms with Crippen LogP contribution < -0.4 is 5.73 Å². The van der Waals surface area contributed by atoms with Crippen LogP contribution in [-0.4, -0.2) is 56.0 Å². The Labute approximate surface area is 91.7 Å². The summed E-state index contributed by atoms with van der Waals surface area (Å²) in [5.41, 5.74) is 5.64. The topological polar surface area (TPSA) is 47.7 Å². The minimum atomic E-state index is 0.211. The first-order valence-electron chi connectivity index (χ1n) is 5.97. The summed E-state index contributed by atoms with van der Waals surface area (Å²) in [6, 6.07) is 0.497. The number of nitrogens with two attached hydrogens (primary N) is 1. The Kier molecular flexibility index (Phi) is 3.97. The third-order valence-electron chi connectivity index (χ3n) is 3.36. The van der Waals surface area contributed by atoms with Crippen molar-refractivity contribution in [3.05, 3.63) is 0 Å². The molecule has 2 aliphatic heterocycles. The van der Waals surface area contributed by atoms with Crippen LogP contribution in [0.1, 0.15) is 19.8 Å². The van der Waals surface area contributed by atoms with Gasteiger partial charge < -0.3 is 15.2 Å². The average molecular weight is 214 g/mol. The molecule has 0 amide bonds. The van der Waals surface area contributed by atoms with E-state index in [9.17, 15) is 0 Å². The zero-order valence-electron chi connectivity index (χ0n) is 9.52.